The summed E-state index contributed by atoms with van der Waals surface area (Å²) >= 11 is 10.7. The van der Waals surface area contributed by atoms with Crippen LogP contribution in [0.1, 0.15) is 41.9 Å². The maximum Gasteiger partial charge on any atom is 0.113 e. The second-order valence-corrected chi connectivity index (χ2v) is 7.03. The van der Waals surface area contributed by atoms with E-state index >= 15 is 0 Å². The average molecular weight is 346 g/mol. The van der Waals surface area contributed by atoms with Gasteiger partial charge in [0.15, 0.2) is 0 Å². The molecule has 18 heavy (non-hydrogen) atoms. The molecule has 1 aromatic carbocycles. The molecule has 1 aromatic heterocycles. The maximum absolute atomic E-state index is 10.3. The van der Waals surface area contributed by atoms with E-state index in [2.05, 4.69) is 41.9 Å². The smallest absolute Gasteiger partial charge is 0.113 e. The Morgan fingerprint density at radius 3 is 2.17 bits per heavy atom. The predicted molar refractivity (Wildman–Crippen MR) is 81.6 cm³/mol. The highest BCUT2D eigenvalue weighted by molar-refractivity contribution is 9.10. The number of thiophene rings is 1. The number of halogens is 2. The standard InChI is InChI=1S/C14H14BrClOS/c1-8(2)9-3-5-10(6-4-9)13(17)12-7-11(15)14(16)18-12/h3-8,13,17H,1-2H3. The van der Waals surface area contributed by atoms with Crippen molar-refractivity contribution in [3.8, 4) is 0 Å². The van der Waals surface area contributed by atoms with Crippen LogP contribution in [0.3, 0.4) is 0 Å². The first-order valence-electron chi connectivity index (χ1n) is 5.71. The Kier molecular flexibility index (Phi) is 4.49. The van der Waals surface area contributed by atoms with Gasteiger partial charge in [-0.3, -0.25) is 0 Å². The monoisotopic (exact) mass is 344 g/mol. The van der Waals surface area contributed by atoms with Crippen molar-refractivity contribution in [2.75, 3.05) is 0 Å². The Bertz CT molecular complexity index is 514. The molecule has 96 valence electrons. The lowest BCUT2D eigenvalue weighted by molar-refractivity contribution is 0.224. The maximum atomic E-state index is 10.3. The molecular formula is C14H14BrClOS. The third-order valence-electron chi connectivity index (χ3n) is 2.85. The summed E-state index contributed by atoms with van der Waals surface area (Å²) in [4.78, 5) is 0.851. The van der Waals surface area contributed by atoms with E-state index in [9.17, 15) is 5.11 Å². The van der Waals surface area contributed by atoms with Crippen molar-refractivity contribution >= 4 is 38.9 Å². The summed E-state index contributed by atoms with van der Waals surface area (Å²) in [5.74, 6) is 0.501. The van der Waals surface area contributed by atoms with Crippen LogP contribution in [-0.2, 0) is 0 Å². The molecule has 1 heterocycles. The number of aliphatic hydroxyl groups is 1. The van der Waals surface area contributed by atoms with Crippen molar-refractivity contribution in [1.82, 2.24) is 0 Å². The van der Waals surface area contributed by atoms with Crippen LogP contribution in [0.25, 0.3) is 0 Å². The molecule has 0 amide bonds. The van der Waals surface area contributed by atoms with E-state index in [1.165, 1.54) is 16.9 Å². The van der Waals surface area contributed by atoms with Crippen LogP contribution in [0.4, 0.5) is 0 Å². The third-order valence-corrected chi connectivity index (χ3v) is 5.38. The predicted octanol–water partition coefficient (Wildman–Crippen LogP) is 5.37. The first-order chi connectivity index (χ1) is 8.49. The zero-order chi connectivity index (χ0) is 13.3. The molecule has 0 saturated heterocycles. The van der Waals surface area contributed by atoms with Gasteiger partial charge in [0, 0.05) is 9.35 Å². The van der Waals surface area contributed by atoms with E-state index in [1.807, 2.05) is 18.2 Å². The fourth-order valence-corrected chi connectivity index (χ4v) is 3.48. The minimum Gasteiger partial charge on any atom is -0.383 e. The highest BCUT2D eigenvalue weighted by atomic mass is 79.9. The third kappa shape index (κ3) is 2.97. The Morgan fingerprint density at radius 2 is 1.72 bits per heavy atom. The molecule has 0 aliphatic rings. The summed E-state index contributed by atoms with van der Waals surface area (Å²) in [5.41, 5.74) is 2.17. The average Bonchev–Trinajstić information content (AvgIpc) is 2.69. The molecular weight excluding hydrogens is 332 g/mol. The molecule has 0 saturated carbocycles. The van der Waals surface area contributed by atoms with Gasteiger partial charge in [-0.25, -0.2) is 0 Å². The van der Waals surface area contributed by atoms with Gasteiger partial charge in [-0.05, 0) is 39.0 Å². The van der Waals surface area contributed by atoms with Gasteiger partial charge in [0.2, 0.25) is 0 Å². The van der Waals surface area contributed by atoms with Crippen LogP contribution in [0.15, 0.2) is 34.8 Å². The second-order valence-electron chi connectivity index (χ2n) is 4.49. The van der Waals surface area contributed by atoms with Gasteiger partial charge in [0.1, 0.15) is 10.4 Å². The van der Waals surface area contributed by atoms with Crippen LogP contribution >= 0.6 is 38.9 Å². The minimum atomic E-state index is -0.611. The van der Waals surface area contributed by atoms with Gasteiger partial charge >= 0.3 is 0 Å². The van der Waals surface area contributed by atoms with Crippen LogP contribution < -0.4 is 0 Å². The molecule has 0 aliphatic heterocycles. The normalized spacial score (nSPS) is 13.0. The van der Waals surface area contributed by atoms with Gasteiger partial charge in [0.05, 0.1) is 0 Å². The van der Waals surface area contributed by atoms with Crippen LogP contribution in [0.2, 0.25) is 4.34 Å². The molecule has 1 unspecified atom stereocenters. The number of hydrogen-bond donors (Lipinski definition) is 1. The summed E-state index contributed by atoms with van der Waals surface area (Å²) in [6.07, 6.45) is -0.611. The summed E-state index contributed by atoms with van der Waals surface area (Å²) < 4.78 is 1.50. The molecule has 1 nitrogen and oxygen atoms in total. The SMILES string of the molecule is CC(C)c1ccc(C(O)c2cc(Br)c(Cl)s2)cc1. The molecule has 1 atom stereocenters. The van der Waals surface area contributed by atoms with Crippen LogP contribution in [0.5, 0.6) is 0 Å². The lowest BCUT2D eigenvalue weighted by Gasteiger charge is -2.11. The van der Waals surface area contributed by atoms with E-state index in [0.717, 1.165) is 14.9 Å². The first kappa shape index (κ1) is 14.1. The highest BCUT2D eigenvalue weighted by Crippen LogP contribution is 2.37. The molecule has 0 bridgehead atoms. The molecule has 2 rings (SSSR count). The Balaban J connectivity index is 2.25. The Hall–Kier alpha value is -0.350. The summed E-state index contributed by atoms with van der Waals surface area (Å²) in [7, 11) is 0. The van der Waals surface area contributed by atoms with E-state index in [0.29, 0.717) is 10.3 Å². The van der Waals surface area contributed by atoms with Crippen molar-refractivity contribution in [2.45, 2.75) is 25.9 Å². The van der Waals surface area contributed by atoms with Gasteiger partial charge in [-0.15, -0.1) is 11.3 Å². The number of hydrogen-bond acceptors (Lipinski definition) is 2. The first-order valence-corrected chi connectivity index (χ1v) is 7.70. The fourth-order valence-electron chi connectivity index (χ4n) is 1.73. The summed E-state index contributed by atoms with van der Waals surface area (Å²) in [6.45, 7) is 4.31. The van der Waals surface area contributed by atoms with Crippen molar-refractivity contribution in [3.63, 3.8) is 0 Å². The zero-order valence-corrected chi connectivity index (χ0v) is 13.3. The highest BCUT2D eigenvalue weighted by Gasteiger charge is 2.15. The largest absolute Gasteiger partial charge is 0.383 e. The van der Waals surface area contributed by atoms with Crippen molar-refractivity contribution in [2.24, 2.45) is 0 Å². The lowest BCUT2D eigenvalue weighted by Crippen LogP contribution is -1.97. The van der Waals surface area contributed by atoms with E-state index in [4.69, 9.17) is 11.6 Å². The molecule has 1 N–H and O–H groups in total. The van der Waals surface area contributed by atoms with Crippen molar-refractivity contribution in [3.05, 3.63) is 55.1 Å². The summed E-state index contributed by atoms with van der Waals surface area (Å²) in [5, 5.41) is 10.3. The van der Waals surface area contributed by atoms with E-state index in [1.54, 1.807) is 0 Å². The van der Waals surface area contributed by atoms with E-state index in [-0.39, 0.29) is 0 Å². The van der Waals surface area contributed by atoms with Crippen LogP contribution in [0, 0.1) is 0 Å². The molecule has 2 aromatic rings. The molecule has 0 spiro atoms. The number of rotatable bonds is 3. The molecule has 0 aliphatic carbocycles. The van der Waals surface area contributed by atoms with Crippen molar-refractivity contribution in [1.29, 1.82) is 0 Å². The lowest BCUT2D eigenvalue weighted by atomic mass is 9.99. The van der Waals surface area contributed by atoms with Gasteiger partial charge in [-0.1, -0.05) is 49.7 Å². The van der Waals surface area contributed by atoms with Gasteiger partial charge in [0.25, 0.3) is 0 Å². The Morgan fingerprint density at radius 1 is 1.17 bits per heavy atom. The summed E-state index contributed by atoms with van der Waals surface area (Å²) in [6, 6.07) is 9.94. The number of benzene rings is 1. The zero-order valence-electron chi connectivity index (χ0n) is 10.2. The van der Waals surface area contributed by atoms with E-state index < -0.39 is 6.10 Å². The minimum absolute atomic E-state index is 0.501. The number of aliphatic hydroxyl groups excluding tert-OH is 1. The quantitative estimate of drug-likeness (QED) is 0.793. The van der Waals surface area contributed by atoms with Gasteiger partial charge < -0.3 is 5.11 Å². The topological polar surface area (TPSA) is 20.2 Å². The Labute approximate surface area is 125 Å². The molecule has 4 heteroatoms. The van der Waals surface area contributed by atoms with Crippen LogP contribution in [-0.4, -0.2) is 5.11 Å². The molecule has 0 radical (unpaired) electrons. The second kappa shape index (κ2) is 5.74. The fraction of sp³-hybridized carbons (Fsp3) is 0.286. The molecule has 0 fully saturated rings. The van der Waals surface area contributed by atoms with Crippen molar-refractivity contribution < 1.29 is 5.11 Å². The van der Waals surface area contributed by atoms with Gasteiger partial charge in [-0.2, -0.15) is 0 Å².